The molecule has 5 N–H and O–H groups in total. The molecule has 7 heterocycles. The van der Waals surface area contributed by atoms with E-state index in [1.54, 1.807) is 27.1 Å². The molecule has 0 spiro atoms. The lowest BCUT2D eigenvalue weighted by Crippen LogP contribution is -2.62. The van der Waals surface area contributed by atoms with E-state index in [1.807, 2.05) is 40.1 Å². The van der Waals surface area contributed by atoms with E-state index in [2.05, 4.69) is 81.2 Å². The Kier molecular flexibility index (Phi) is 14.9. The van der Waals surface area contributed by atoms with Gasteiger partial charge in [0.25, 0.3) is 17.4 Å². The number of fused-ring (bicyclic) bond motifs is 4. The van der Waals surface area contributed by atoms with E-state index >= 15 is 0 Å². The zero-order valence-electron chi connectivity index (χ0n) is 47.4. The lowest BCUT2D eigenvalue weighted by Gasteiger charge is -2.49. The monoisotopic (exact) mass is 1120 g/mol. The van der Waals surface area contributed by atoms with Gasteiger partial charge in [0.15, 0.2) is 5.82 Å². The Balaban J connectivity index is 0.751. The van der Waals surface area contributed by atoms with E-state index in [1.165, 1.54) is 21.9 Å². The van der Waals surface area contributed by atoms with Gasteiger partial charge < -0.3 is 59.2 Å². The number of piperazine rings is 1. The first-order valence-electron chi connectivity index (χ1n) is 28.8. The van der Waals surface area contributed by atoms with Gasteiger partial charge in [-0.15, -0.1) is 0 Å². The van der Waals surface area contributed by atoms with Crippen molar-refractivity contribution in [3.05, 3.63) is 99.7 Å². The summed E-state index contributed by atoms with van der Waals surface area (Å²) in [5.74, 6) is 0.243. The van der Waals surface area contributed by atoms with Gasteiger partial charge in [0.1, 0.15) is 11.5 Å². The van der Waals surface area contributed by atoms with Gasteiger partial charge in [0.05, 0.1) is 35.2 Å². The van der Waals surface area contributed by atoms with Crippen LogP contribution in [0.5, 0.6) is 0 Å². The van der Waals surface area contributed by atoms with Crippen LogP contribution in [0.15, 0.2) is 66.1 Å². The first-order chi connectivity index (χ1) is 38.0. The molecule has 3 amide bonds. The van der Waals surface area contributed by atoms with E-state index < -0.39 is 25.6 Å². The van der Waals surface area contributed by atoms with E-state index in [0.717, 1.165) is 92.9 Å². The molecule has 2 aromatic carbocycles. The zero-order valence-corrected chi connectivity index (χ0v) is 48.3. The minimum atomic E-state index is -4.63. The number of nitrogens with zero attached hydrogens (tertiary/aromatic N) is 9. The summed E-state index contributed by atoms with van der Waals surface area (Å²) in [4.78, 5) is 92.4. The van der Waals surface area contributed by atoms with Gasteiger partial charge in [-0.1, -0.05) is 26.5 Å². The highest BCUT2D eigenvalue weighted by molar-refractivity contribution is 7.46. The van der Waals surface area contributed by atoms with Crippen LogP contribution in [0, 0.1) is 5.41 Å². The number of benzene rings is 2. The molecular weight excluding hydrogens is 1040 g/mol. The SMILES string of the molecule is C=CC(=O)Nc1cc(Nc2nc(N3CCC[C@@H](N4CCn5c(cc6c5CC(C)(C)C6)C4=O)[C@@H]3[C@@H](C)O)cn(C)c2=O)ccc1N1CCN(C2CCN(c3cccc4c3CN(C3CCC(C)(OP(=O)(O)O)CC3)C4=O)[C@@H](C)C2)C[C@@H]1C. The van der Waals surface area contributed by atoms with E-state index in [4.69, 9.17) is 9.51 Å². The summed E-state index contributed by atoms with van der Waals surface area (Å²) in [5.41, 5.74) is 7.01. The highest BCUT2D eigenvalue weighted by Crippen LogP contribution is 2.48. The maximum atomic E-state index is 14.3. The largest absolute Gasteiger partial charge is 0.470 e. The van der Waals surface area contributed by atoms with Crippen molar-refractivity contribution in [2.24, 2.45) is 12.5 Å². The fourth-order valence-electron chi connectivity index (χ4n) is 14.8. The summed E-state index contributed by atoms with van der Waals surface area (Å²) >= 11 is 0. The molecule has 4 fully saturated rings. The molecule has 6 atom stereocenters. The summed E-state index contributed by atoms with van der Waals surface area (Å²) < 4.78 is 20.5. The molecule has 5 aliphatic heterocycles. The van der Waals surface area contributed by atoms with Crippen LogP contribution in [0.25, 0.3) is 0 Å². The number of aliphatic hydroxyl groups excluding tert-OH is 1. The number of nitrogens with one attached hydrogen (secondary N) is 2. The second-order valence-corrected chi connectivity index (χ2v) is 26.1. The van der Waals surface area contributed by atoms with Crippen LogP contribution >= 0.6 is 7.82 Å². The van der Waals surface area contributed by atoms with E-state index in [9.17, 15) is 38.6 Å². The molecule has 11 rings (SSSR count). The molecule has 2 aliphatic carbocycles. The molecule has 80 heavy (non-hydrogen) atoms. The number of hydrogen-bond acceptors (Lipinski definition) is 13. The van der Waals surface area contributed by atoms with Crippen LogP contribution in [-0.2, 0) is 46.9 Å². The van der Waals surface area contributed by atoms with Crippen molar-refractivity contribution in [3.8, 4) is 0 Å². The Labute approximate surface area is 469 Å². The number of aromatic nitrogens is 3. The fourth-order valence-corrected chi connectivity index (χ4v) is 15.6. The lowest BCUT2D eigenvalue weighted by molar-refractivity contribution is -0.111. The number of aryl methyl sites for hydroxylation is 1. The van der Waals surface area contributed by atoms with Crippen molar-refractivity contribution >= 4 is 59.9 Å². The summed E-state index contributed by atoms with van der Waals surface area (Å²) in [5, 5.41) is 17.8. The molecule has 430 valence electrons. The highest BCUT2D eigenvalue weighted by Gasteiger charge is 2.46. The van der Waals surface area contributed by atoms with Gasteiger partial charge in [-0.25, -0.2) is 9.55 Å². The van der Waals surface area contributed by atoms with Crippen LogP contribution in [0.2, 0.25) is 0 Å². The zero-order chi connectivity index (χ0) is 56.7. The summed E-state index contributed by atoms with van der Waals surface area (Å²) in [6.07, 6.45) is 9.58. The lowest BCUT2D eigenvalue weighted by atomic mass is 9.83. The highest BCUT2D eigenvalue weighted by atomic mass is 31.2. The van der Waals surface area contributed by atoms with Gasteiger partial charge in [-0.3, -0.25) is 28.6 Å². The summed E-state index contributed by atoms with van der Waals surface area (Å²) in [6.45, 7) is 21.8. The van der Waals surface area contributed by atoms with Crippen molar-refractivity contribution in [1.82, 2.24) is 28.8 Å². The van der Waals surface area contributed by atoms with Crippen LogP contribution in [-0.4, -0.2) is 149 Å². The van der Waals surface area contributed by atoms with Crippen LogP contribution in [0.4, 0.5) is 34.4 Å². The third kappa shape index (κ3) is 10.7. The molecule has 1 saturated carbocycles. The van der Waals surface area contributed by atoms with Crippen molar-refractivity contribution in [2.75, 3.05) is 64.6 Å². The van der Waals surface area contributed by atoms with Crippen molar-refractivity contribution in [1.29, 1.82) is 0 Å². The number of piperidine rings is 2. The number of carbonyl (C=O) groups is 3. The van der Waals surface area contributed by atoms with Gasteiger partial charge in [0, 0.05) is 118 Å². The molecule has 0 radical (unpaired) electrons. The molecule has 0 bridgehead atoms. The molecule has 2 aromatic heterocycles. The minimum Gasteiger partial charge on any atom is -0.391 e. The first kappa shape index (κ1) is 55.9. The standard InChI is InChI=1S/C59H80N11O9P/c1-9-52(72)61-45-30-40(60-54-57(75)63(8)35-51(62-54)69-22-11-14-48(53(69)38(4)71)68-27-26-67-49(56(68)74)29-39-31-58(5,6)32-50(39)67)15-16-47(45)66-25-24-64(33-37(66)3)42-19-23-65(36(2)28-42)46-13-10-12-43-44(46)34-70(55(43)73)41-17-20-59(7,21-18-41)79-80(76,77)78/h9-10,12-13,15-16,29-30,35-38,41-42,48,53,71H,1,11,14,17-28,31-34H2,2-8H3,(H,60,62)(H,61,72)(H2,76,77,78)/t36-,37-,38+,41?,42?,48+,53-,59?/m0/s1. The average molecular weight is 1120 g/mol. The molecule has 1 unspecified atom stereocenters. The number of rotatable bonds is 13. The molecule has 21 heteroatoms. The van der Waals surface area contributed by atoms with Gasteiger partial charge in [-0.05, 0) is 145 Å². The second-order valence-electron chi connectivity index (χ2n) is 25.0. The maximum Gasteiger partial charge on any atom is 0.470 e. The van der Waals surface area contributed by atoms with Crippen LogP contribution in [0.1, 0.15) is 131 Å². The molecule has 3 saturated heterocycles. The number of aliphatic hydroxyl groups is 1. The quantitative estimate of drug-likeness (QED) is 0.0688. The van der Waals surface area contributed by atoms with Gasteiger partial charge in [0.2, 0.25) is 5.91 Å². The third-order valence-electron chi connectivity index (χ3n) is 18.7. The van der Waals surface area contributed by atoms with Crippen molar-refractivity contribution in [3.63, 3.8) is 0 Å². The van der Waals surface area contributed by atoms with E-state index in [-0.39, 0.29) is 58.7 Å². The minimum absolute atomic E-state index is 0.00612. The predicted molar refractivity (Wildman–Crippen MR) is 309 cm³/mol. The molecular formula is C59H80N11O9P. The summed E-state index contributed by atoms with van der Waals surface area (Å²) in [7, 11) is -2.95. The fraction of sp³-hybridized carbons (Fsp3) is 0.576. The topological polar surface area (TPSA) is 222 Å². The Morgan fingerprint density at radius 3 is 2.33 bits per heavy atom. The number of carbonyl (C=O) groups excluding carboxylic acids is 3. The molecule has 20 nitrogen and oxygen atoms in total. The summed E-state index contributed by atoms with van der Waals surface area (Å²) in [6, 6.07) is 13.7. The first-order valence-corrected chi connectivity index (χ1v) is 30.4. The van der Waals surface area contributed by atoms with Crippen molar-refractivity contribution in [2.45, 2.75) is 167 Å². The Morgan fingerprint density at radius 2 is 1.61 bits per heavy atom. The number of phosphoric acid groups is 1. The Morgan fingerprint density at radius 1 is 0.863 bits per heavy atom. The third-order valence-corrected chi connectivity index (χ3v) is 19.3. The normalized spacial score (nSPS) is 27.4. The Bertz CT molecular complexity index is 3200. The van der Waals surface area contributed by atoms with E-state index in [0.29, 0.717) is 75.1 Å². The second kappa shape index (κ2) is 21.4. The number of phosphoric ester groups is 1. The number of hydrogen-bond donors (Lipinski definition) is 5. The average Bonchev–Trinajstić information content (AvgIpc) is 4.25. The Hall–Kier alpha value is -6.02. The van der Waals surface area contributed by atoms with Gasteiger partial charge >= 0.3 is 7.82 Å². The van der Waals surface area contributed by atoms with Gasteiger partial charge in [-0.2, -0.15) is 0 Å². The predicted octanol–water partition coefficient (Wildman–Crippen LogP) is 6.78. The number of amides is 3. The molecule has 7 aliphatic rings. The number of anilines is 6. The molecule has 4 aromatic rings. The van der Waals surface area contributed by atoms with Crippen LogP contribution < -0.4 is 30.9 Å². The smallest absolute Gasteiger partial charge is 0.391 e. The maximum absolute atomic E-state index is 14.3. The van der Waals surface area contributed by atoms with Crippen molar-refractivity contribution < 1.29 is 38.4 Å². The van der Waals surface area contributed by atoms with Crippen LogP contribution in [0.3, 0.4) is 0 Å².